The van der Waals surface area contributed by atoms with E-state index in [1.54, 1.807) is 0 Å². The van der Waals surface area contributed by atoms with Gasteiger partial charge in [-0.05, 0) is 35.7 Å². The highest BCUT2D eigenvalue weighted by atomic mass is 35.5. The maximum atomic E-state index is 12.7. The minimum absolute atomic E-state index is 0.0192. The maximum absolute atomic E-state index is 12.7. The van der Waals surface area contributed by atoms with Gasteiger partial charge in [0.05, 0.1) is 5.52 Å². The lowest BCUT2D eigenvalue weighted by molar-refractivity contribution is -0.121. The lowest BCUT2D eigenvalue weighted by atomic mass is 10.1. The summed E-state index contributed by atoms with van der Waals surface area (Å²) in [4.78, 5) is 24.4. The van der Waals surface area contributed by atoms with Crippen molar-refractivity contribution in [2.24, 2.45) is 0 Å². The van der Waals surface area contributed by atoms with E-state index in [-0.39, 0.29) is 5.91 Å². The molecule has 0 atom stereocenters. The largest absolute Gasteiger partial charge is 0.355 e. The molecule has 4 rings (SSSR count). The van der Waals surface area contributed by atoms with Crippen molar-refractivity contribution in [2.75, 3.05) is 18.0 Å². The quantitative estimate of drug-likeness (QED) is 0.326. The fourth-order valence-electron chi connectivity index (χ4n) is 3.89. The van der Waals surface area contributed by atoms with Gasteiger partial charge in [-0.3, -0.25) is 4.79 Å². The Morgan fingerprint density at radius 1 is 0.912 bits per heavy atom. The molecule has 1 heterocycles. The molecule has 34 heavy (non-hydrogen) atoms. The zero-order valence-corrected chi connectivity index (χ0v) is 20.1. The summed E-state index contributed by atoms with van der Waals surface area (Å²) in [5.74, 6) is 1.64. The molecule has 0 fully saturated rings. The molecular weight excluding hydrogens is 444 g/mol. The van der Waals surface area contributed by atoms with E-state index in [1.165, 1.54) is 5.56 Å². The Morgan fingerprint density at radius 3 is 2.32 bits per heavy atom. The van der Waals surface area contributed by atoms with Crippen molar-refractivity contribution >= 4 is 34.2 Å². The first-order valence-corrected chi connectivity index (χ1v) is 12.1. The van der Waals surface area contributed by atoms with Crippen molar-refractivity contribution in [3.8, 4) is 0 Å². The summed E-state index contributed by atoms with van der Waals surface area (Å²) in [6.45, 7) is 3.87. The number of carbonyl (C=O) groups excluding carboxylic acids is 1. The van der Waals surface area contributed by atoms with Crippen LogP contribution < -0.4 is 10.2 Å². The number of rotatable bonds is 10. The zero-order valence-electron chi connectivity index (χ0n) is 19.4. The average Bonchev–Trinajstić information content (AvgIpc) is 2.88. The van der Waals surface area contributed by atoms with Crippen LogP contribution in [0.4, 0.5) is 5.82 Å². The number of anilines is 1. The highest BCUT2D eigenvalue weighted by molar-refractivity contribution is 6.31. The highest BCUT2D eigenvalue weighted by Crippen LogP contribution is 2.27. The molecule has 0 aliphatic carbocycles. The average molecular weight is 473 g/mol. The fraction of sp³-hybridized carbons (Fsp3) is 0.250. The second-order valence-corrected chi connectivity index (χ2v) is 8.65. The fourth-order valence-corrected chi connectivity index (χ4v) is 4.05. The van der Waals surface area contributed by atoms with Gasteiger partial charge < -0.3 is 10.2 Å². The molecule has 0 bridgehead atoms. The number of halogens is 1. The van der Waals surface area contributed by atoms with Gasteiger partial charge in [0, 0.05) is 42.9 Å². The Bertz CT molecular complexity index is 1230. The van der Waals surface area contributed by atoms with Gasteiger partial charge in [-0.15, -0.1) is 0 Å². The van der Waals surface area contributed by atoms with E-state index >= 15 is 0 Å². The third kappa shape index (κ3) is 6.33. The lowest BCUT2D eigenvalue weighted by Crippen LogP contribution is -2.33. The van der Waals surface area contributed by atoms with E-state index in [2.05, 4.69) is 27.3 Å². The SMILES string of the molecule is CCc1nc(N(CCC(=O)NCc2ccccc2)CCc2ccccc2)c2ccc(Cl)cc2n1. The van der Waals surface area contributed by atoms with Crippen LogP contribution in [0.3, 0.4) is 0 Å². The molecule has 1 amide bonds. The van der Waals surface area contributed by atoms with Crippen molar-refractivity contribution in [3.05, 3.63) is 101 Å². The molecule has 174 valence electrons. The Balaban J connectivity index is 1.55. The predicted molar refractivity (Wildman–Crippen MR) is 139 cm³/mol. The topological polar surface area (TPSA) is 58.1 Å². The third-order valence-corrected chi connectivity index (χ3v) is 5.99. The normalized spacial score (nSPS) is 10.9. The number of nitrogens with one attached hydrogen (secondary N) is 1. The number of aromatic nitrogens is 2. The zero-order chi connectivity index (χ0) is 23.8. The van der Waals surface area contributed by atoms with Gasteiger partial charge in [-0.25, -0.2) is 9.97 Å². The third-order valence-electron chi connectivity index (χ3n) is 5.76. The second-order valence-electron chi connectivity index (χ2n) is 8.21. The molecule has 1 aromatic heterocycles. The first kappa shape index (κ1) is 23.7. The van der Waals surface area contributed by atoms with Gasteiger partial charge in [-0.1, -0.05) is 79.2 Å². The van der Waals surface area contributed by atoms with Crippen LogP contribution in [-0.4, -0.2) is 29.0 Å². The van der Waals surface area contributed by atoms with Crippen LogP contribution in [0.25, 0.3) is 10.9 Å². The Labute approximate surface area is 205 Å². The lowest BCUT2D eigenvalue weighted by Gasteiger charge is -2.25. The Morgan fingerprint density at radius 2 is 1.62 bits per heavy atom. The number of nitrogens with zero attached hydrogens (tertiary/aromatic N) is 3. The van der Waals surface area contributed by atoms with Gasteiger partial charge >= 0.3 is 0 Å². The van der Waals surface area contributed by atoms with E-state index < -0.39 is 0 Å². The van der Waals surface area contributed by atoms with E-state index in [1.807, 2.05) is 73.7 Å². The van der Waals surface area contributed by atoms with Crippen LogP contribution in [0.2, 0.25) is 5.02 Å². The number of hydrogen-bond acceptors (Lipinski definition) is 4. The van der Waals surface area contributed by atoms with Crippen molar-refractivity contribution in [1.82, 2.24) is 15.3 Å². The molecular formula is C28H29ClN4O. The molecule has 0 saturated heterocycles. The minimum atomic E-state index is 0.0192. The Kier molecular flexibility index (Phi) is 8.10. The second kappa shape index (κ2) is 11.6. The molecule has 0 aliphatic heterocycles. The van der Waals surface area contributed by atoms with E-state index in [4.69, 9.17) is 16.6 Å². The van der Waals surface area contributed by atoms with Crippen LogP contribution in [0.5, 0.6) is 0 Å². The molecule has 5 nitrogen and oxygen atoms in total. The molecule has 0 radical (unpaired) electrons. The number of hydrogen-bond donors (Lipinski definition) is 1. The molecule has 3 aromatic carbocycles. The molecule has 0 aliphatic rings. The van der Waals surface area contributed by atoms with Gasteiger partial charge in [0.15, 0.2) is 0 Å². The first-order chi connectivity index (χ1) is 16.6. The van der Waals surface area contributed by atoms with Crippen LogP contribution in [0, 0.1) is 0 Å². The van der Waals surface area contributed by atoms with Gasteiger partial charge in [0.1, 0.15) is 11.6 Å². The molecule has 1 N–H and O–H groups in total. The summed E-state index contributed by atoms with van der Waals surface area (Å²) < 4.78 is 0. The summed E-state index contributed by atoms with van der Waals surface area (Å²) in [6.07, 6.45) is 1.95. The highest BCUT2D eigenvalue weighted by Gasteiger charge is 2.16. The number of carbonyl (C=O) groups is 1. The summed E-state index contributed by atoms with van der Waals surface area (Å²) in [5, 5.41) is 4.62. The van der Waals surface area contributed by atoms with Gasteiger partial charge in [0.2, 0.25) is 5.91 Å². The first-order valence-electron chi connectivity index (χ1n) is 11.7. The molecule has 0 spiro atoms. The summed E-state index contributed by atoms with van der Waals surface area (Å²) in [7, 11) is 0. The summed E-state index contributed by atoms with van der Waals surface area (Å²) >= 11 is 6.25. The van der Waals surface area contributed by atoms with E-state index in [9.17, 15) is 4.79 Å². The minimum Gasteiger partial charge on any atom is -0.355 e. The number of fused-ring (bicyclic) bond motifs is 1. The van der Waals surface area contributed by atoms with Crippen LogP contribution >= 0.6 is 11.6 Å². The monoisotopic (exact) mass is 472 g/mol. The summed E-state index contributed by atoms with van der Waals surface area (Å²) in [6, 6.07) is 26.0. The van der Waals surface area contributed by atoms with Crippen molar-refractivity contribution in [1.29, 1.82) is 0 Å². The van der Waals surface area contributed by atoms with Gasteiger partial charge in [-0.2, -0.15) is 0 Å². The van der Waals surface area contributed by atoms with Crippen molar-refractivity contribution < 1.29 is 4.79 Å². The van der Waals surface area contributed by atoms with E-state index in [0.717, 1.165) is 47.5 Å². The molecule has 6 heteroatoms. The maximum Gasteiger partial charge on any atom is 0.222 e. The number of benzene rings is 3. The standard InChI is InChI=1S/C28H29ClN4O/c1-2-26-31-25-19-23(29)13-14-24(25)28(32-26)33(17-15-21-9-5-3-6-10-21)18-16-27(34)30-20-22-11-7-4-8-12-22/h3-14,19H,2,15-18,20H2,1H3,(H,30,34). The number of amides is 1. The molecule has 0 saturated carbocycles. The molecule has 0 unspecified atom stereocenters. The Hall–Kier alpha value is -3.44. The van der Waals surface area contributed by atoms with Gasteiger partial charge in [0.25, 0.3) is 0 Å². The molecule has 4 aromatic rings. The van der Waals surface area contributed by atoms with Crippen LogP contribution in [0.15, 0.2) is 78.9 Å². The van der Waals surface area contributed by atoms with Crippen LogP contribution in [-0.2, 0) is 24.2 Å². The van der Waals surface area contributed by atoms with Crippen LogP contribution in [0.1, 0.15) is 30.3 Å². The van der Waals surface area contributed by atoms with Crippen molar-refractivity contribution in [2.45, 2.75) is 32.7 Å². The van der Waals surface area contributed by atoms with E-state index in [0.29, 0.717) is 24.5 Å². The smallest absolute Gasteiger partial charge is 0.222 e. The summed E-state index contributed by atoms with van der Waals surface area (Å²) in [5.41, 5.74) is 3.16. The van der Waals surface area contributed by atoms with Crippen molar-refractivity contribution in [3.63, 3.8) is 0 Å². The number of aryl methyl sites for hydroxylation is 1. The predicted octanol–water partition coefficient (Wildman–Crippen LogP) is 5.60.